The van der Waals surface area contributed by atoms with Gasteiger partial charge in [0.15, 0.2) is 0 Å². The summed E-state index contributed by atoms with van der Waals surface area (Å²) in [7, 11) is 0. The van der Waals surface area contributed by atoms with Gasteiger partial charge in [0.1, 0.15) is 12.6 Å². The van der Waals surface area contributed by atoms with Gasteiger partial charge in [-0.15, -0.1) is 0 Å². The molecule has 0 fully saturated rings. The van der Waals surface area contributed by atoms with Crippen molar-refractivity contribution in [2.24, 2.45) is 5.73 Å². The Morgan fingerprint density at radius 3 is 2.39 bits per heavy atom. The van der Waals surface area contributed by atoms with Crippen molar-refractivity contribution < 1.29 is 33.8 Å². The second kappa shape index (κ2) is 12.3. The number of amides is 3. The van der Waals surface area contributed by atoms with Gasteiger partial charge in [0.25, 0.3) is 0 Å². The molecule has 0 heterocycles. The maximum Gasteiger partial charge on any atom is 0.407 e. The molecule has 10 heteroatoms. The topological polar surface area (TPSA) is 157 Å². The SMILES string of the molecule is CCOC(=O)C[C@@H](NC(=O)C[C@@H](O)CNC(=O)OCc1ccccc1)C(N)=O. The van der Waals surface area contributed by atoms with E-state index in [2.05, 4.69) is 10.6 Å². The van der Waals surface area contributed by atoms with Gasteiger partial charge in [-0.05, 0) is 12.5 Å². The summed E-state index contributed by atoms with van der Waals surface area (Å²) < 4.78 is 9.67. The first-order valence-electron chi connectivity index (χ1n) is 8.68. The summed E-state index contributed by atoms with van der Waals surface area (Å²) in [4.78, 5) is 46.2. The van der Waals surface area contributed by atoms with E-state index in [1.165, 1.54) is 0 Å². The normalized spacial score (nSPS) is 12.4. The molecule has 2 atom stereocenters. The van der Waals surface area contributed by atoms with E-state index in [1.807, 2.05) is 6.07 Å². The Bertz CT molecular complexity index is 666. The van der Waals surface area contributed by atoms with Crippen molar-refractivity contribution in [1.82, 2.24) is 10.6 Å². The molecule has 1 rings (SSSR count). The average molecular weight is 395 g/mol. The van der Waals surface area contributed by atoms with Crippen molar-refractivity contribution >= 4 is 23.9 Å². The molecule has 154 valence electrons. The Balaban J connectivity index is 2.33. The number of carbonyl (C=O) groups is 4. The molecule has 1 aromatic rings. The Morgan fingerprint density at radius 1 is 1.11 bits per heavy atom. The zero-order valence-electron chi connectivity index (χ0n) is 15.6. The molecule has 10 nitrogen and oxygen atoms in total. The largest absolute Gasteiger partial charge is 0.466 e. The van der Waals surface area contributed by atoms with Crippen molar-refractivity contribution in [3.63, 3.8) is 0 Å². The Labute approximate surface area is 162 Å². The molecule has 0 aliphatic heterocycles. The minimum absolute atomic E-state index is 0.0669. The van der Waals surface area contributed by atoms with Crippen molar-refractivity contribution in [2.75, 3.05) is 13.2 Å². The van der Waals surface area contributed by atoms with E-state index in [4.69, 9.17) is 15.2 Å². The number of primary amides is 1. The predicted octanol–water partition coefficient (Wildman–Crippen LogP) is -0.413. The van der Waals surface area contributed by atoms with Crippen LogP contribution in [0.1, 0.15) is 25.3 Å². The second-order valence-electron chi connectivity index (χ2n) is 5.83. The van der Waals surface area contributed by atoms with Gasteiger partial charge in [-0.25, -0.2) is 4.79 Å². The first kappa shape index (κ1) is 22.9. The maximum atomic E-state index is 11.9. The molecule has 0 aromatic heterocycles. The molecule has 0 saturated heterocycles. The van der Waals surface area contributed by atoms with Gasteiger partial charge in [-0.1, -0.05) is 30.3 Å². The predicted molar refractivity (Wildman–Crippen MR) is 97.6 cm³/mol. The first-order chi connectivity index (χ1) is 13.3. The molecule has 28 heavy (non-hydrogen) atoms. The molecule has 0 aliphatic carbocycles. The zero-order chi connectivity index (χ0) is 20.9. The molecular weight excluding hydrogens is 370 g/mol. The fourth-order valence-electron chi connectivity index (χ4n) is 2.12. The van der Waals surface area contributed by atoms with Gasteiger partial charge in [0.05, 0.1) is 25.6 Å². The summed E-state index contributed by atoms with van der Waals surface area (Å²) in [6.07, 6.45) is -2.79. The Kier molecular flexibility index (Phi) is 10.0. The second-order valence-corrected chi connectivity index (χ2v) is 5.83. The average Bonchev–Trinajstić information content (AvgIpc) is 2.65. The highest BCUT2D eigenvalue weighted by Gasteiger charge is 2.23. The van der Waals surface area contributed by atoms with Crippen LogP contribution < -0.4 is 16.4 Å². The highest BCUT2D eigenvalue weighted by Crippen LogP contribution is 2.01. The number of ether oxygens (including phenoxy) is 2. The highest BCUT2D eigenvalue weighted by atomic mass is 16.5. The van der Waals surface area contributed by atoms with E-state index < -0.39 is 48.9 Å². The van der Waals surface area contributed by atoms with Gasteiger partial charge in [0.2, 0.25) is 11.8 Å². The number of rotatable bonds is 11. The standard InChI is InChI=1S/C18H25N3O7/c1-2-27-16(24)9-14(17(19)25)21-15(23)8-13(22)10-20-18(26)28-11-12-6-4-3-5-7-12/h3-7,13-14,22H,2,8-11H2,1H3,(H2,19,25)(H,20,26)(H,21,23)/t13-,14-/m1/s1. The lowest BCUT2D eigenvalue weighted by Gasteiger charge is -2.16. The van der Waals surface area contributed by atoms with Gasteiger partial charge in [0, 0.05) is 6.54 Å². The maximum absolute atomic E-state index is 11.9. The van der Waals surface area contributed by atoms with Crippen LogP contribution in [-0.4, -0.2) is 54.3 Å². The third-order valence-electron chi connectivity index (χ3n) is 3.47. The fourth-order valence-corrected chi connectivity index (χ4v) is 2.12. The van der Waals surface area contributed by atoms with E-state index in [1.54, 1.807) is 31.2 Å². The lowest BCUT2D eigenvalue weighted by atomic mass is 10.1. The molecule has 0 spiro atoms. The number of carbonyl (C=O) groups excluding carboxylic acids is 4. The van der Waals surface area contributed by atoms with Crippen molar-refractivity contribution in [3.8, 4) is 0 Å². The number of esters is 1. The summed E-state index contributed by atoms with van der Waals surface area (Å²) in [6, 6.07) is 7.78. The molecule has 1 aromatic carbocycles. The quantitative estimate of drug-likeness (QED) is 0.371. The van der Waals surface area contributed by atoms with E-state index in [9.17, 15) is 24.3 Å². The summed E-state index contributed by atoms with van der Waals surface area (Å²) in [5.41, 5.74) is 5.94. The number of aliphatic hydroxyl groups is 1. The van der Waals surface area contributed by atoms with Crippen LogP contribution in [0.2, 0.25) is 0 Å². The summed E-state index contributed by atoms with van der Waals surface area (Å²) in [5.74, 6) is -2.30. The van der Waals surface area contributed by atoms with Gasteiger partial charge in [-0.2, -0.15) is 0 Å². The number of nitrogens with two attached hydrogens (primary N) is 1. The number of nitrogens with one attached hydrogen (secondary N) is 2. The highest BCUT2D eigenvalue weighted by molar-refractivity contribution is 5.90. The van der Waals surface area contributed by atoms with Crippen LogP contribution in [-0.2, 0) is 30.5 Å². The molecule has 0 saturated carbocycles. The third-order valence-corrected chi connectivity index (χ3v) is 3.47. The van der Waals surface area contributed by atoms with E-state index in [0.29, 0.717) is 0 Å². The summed E-state index contributed by atoms with van der Waals surface area (Å²) in [6.45, 7) is 1.56. The van der Waals surface area contributed by atoms with Crippen LogP contribution in [0.15, 0.2) is 30.3 Å². The summed E-state index contributed by atoms with van der Waals surface area (Å²) >= 11 is 0. The van der Waals surface area contributed by atoms with Gasteiger partial charge < -0.3 is 30.9 Å². The number of benzene rings is 1. The number of alkyl carbamates (subject to hydrolysis) is 1. The summed E-state index contributed by atoms with van der Waals surface area (Å²) in [5, 5.41) is 14.4. The van der Waals surface area contributed by atoms with Gasteiger partial charge in [-0.3, -0.25) is 14.4 Å². The van der Waals surface area contributed by atoms with Crippen molar-refractivity contribution in [1.29, 1.82) is 0 Å². The minimum atomic E-state index is -1.25. The Morgan fingerprint density at radius 2 is 1.79 bits per heavy atom. The van der Waals surface area contributed by atoms with E-state index >= 15 is 0 Å². The van der Waals surface area contributed by atoms with Crippen LogP contribution in [0.4, 0.5) is 4.79 Å². The van der Waals surface area contributed by atoms with Crippen molar-refractivity contribution in [3.05, 3.63) is 35.9 Å². The zero-order valence-corrected chi connectivity index (χ0v) is 15.6. The number of hydrogen-bond donors (Lipinski definition) is 4. The Hall–Kier alpha value is -3.14. The van der Waals surface area contributed by atoms with Crippen LogP contribution in [0.3, 0.4) is 0 Å². The van der Waals surface area contributed by atoms with E-state index in [-0.39, 0.29) is 19.8 Å². The lowest BCUT2D eigenvalue weighted by molar-refractivity contribution is -0.145. The monoisotopic (exact) mass is 395 g/mol. The first-order valence-corrected chi connectivity index (χ1v) is 8.68. The van der Waals surface area contributed by atoms with Crippen LogP contribution >= 0.6 is 0 Å². The molecular formula is C18H25N3O7. The molecule has 0 aliphatic rings. The number of aliphatic hydroxyl groups excluding tert-OH is 1. The lowest BCUT2D eigenvalue weighted by Crippen LogP contribution is -2.47. The molecule has 0 unspecified atom stereocenters. The van der Waals surface area contributed by atoms with Gasteiger partial charge >= 0.3 is 12.1 Å². The fraction of sp³-hybridized carbons (Fsp3) is 0.444. The molecule has 0 radical (unpaired) electrons. The third kappa shape index (κ3) is 9.53. The van der Waals surface area contributed by atoms with Crippen LogP contribution in [0.25, 0.3) is 0 Å². The van der Waals surface area contributed by atoms with Crippen molar-refractivity contribution in [2.45, 2.75) is 38.5 Å². The smallest absolute Gasteiger partial charge is 0.407 e. The molecule has 0 bridgehead atoms. The minimum Gasteiger partial charge on any atom is -0.466 e. The van der Waals surface area contributed by atoms with Crippen LogP contribution in [0, 0.1) is 0 Å². The molecule has 3 amide bonds. The van der Waals surface area contributed by atoms with E-state index in [0.717, 1.165) is 5.56 Å². The van der Waals surface area contributed by atoms with Crippen LogP contribution in [0.5, 0.6) is 0 Å². The molecule has 5 N–H and O–H groups in total. The number of hydrogen-bond acceptors (Lipinski definition) is 7.